The standard InChI is InChI=1S/C31H38N2O6S2Si/c1-7-24(39-42(5,6)30(2,3)4)25-27(34)32-26(28(35)36)29(40-23-16-20-10-8-9-11-21(20)17-23)41-31(25,32)18-19-12-14-22(15-13-19)33(37)38/h8-15,23-25H,7,16-18H2,1-6H3,(H,35,36)/t24-,25+,31+/m0/s1. The van der Waals surface area contributed by atoms with E-state index in [4.69, 9.17) is 4.43 Å². The number of nitro benzene ring substituents is 1. The third kappa shape index (κ3) is 5.33. The van der Waals surface area contributed by atoms with E-state index in [2.05, 4.69) is 46.0 Å². The highest BCUT2D eigenvalue weighted by atomic mass is 32.2. The van der Waals surface area contributed by atoms with Crippen LogP contribution < -0.4 is 0 Å². The van der Waals surface area contributed by atoms with Gasteiger partial charge in [-0.2, -0.15) is 0 Å². The highest BCUT2D eigenvalue weighted by Gasteiger charge is 2.69. The second-order valence-corrected chi connectivity index (χ2v) is 20.5. The van der Waals surface area contributed by atoms with Crippen molar-refractivity contribution in [3.63, 3.8) is 0 Å². The van der Waals surface area contributed by atoms with Gasteiger partial charge >= 0.3 is 5.97 Å². The van der Waals surface area contributed by atoms with Crippen molar-refractivity contribution >= 4 is 49.4 Å². The molecule has 0 bridgehead atoms. The van der Waals surface area contributed by atoms with Gasteiger partial charge in [-0.15, -0.1) is 11.8 Å². The Bertz CT molecular complexity index is 1430. The number of amides is 1. The Balaban J connectivity index is 1.52. The van der Waals surface area contributed by atoms with Gasteiger partial charge < -0.3 is 9.53 Å². The lowest BCUT2D eigenvalue weighted by Crippen LogP contribution is -2.72. The minimum Gasteiger partial charge on any atom is -0.477 e. The molecule has 2 aliphatic heterocycles. The number of carboxylic acid groups (broad SMARTS) is 1. The van der Waals surface area contributed by atoms with Gasteiger partial charge in [0, 0.05) is 23.8 Å². The lowest BCUT2D eigenvalue weighted by Gasteiger charge is -2.57. The van der Waals surface area contributed by atoms with Crippen LogP contribution in [0.25, 0.3) is 0 Å². The maximum atomic E-state index is 14.0. The van der Waals surface area contributed by atoms with Gasteiger partial charge in [0.1, 0.15) is 4.87 Å². The smallest absolute Gasteiger partial charge is 0.354 e. The number of nitro groups is 1. The number of non-ortho nitro benzene ring substituents is 1. The highest BCUT2D eigenvalue weighted by Crippen LogP contribution is 2.64. The number of hydrogen-bond acceptors (Lipinski definition) is 7. The molecule has 0 radical (unpaired) electrons. The number of carboxylic acids is 1. The summed E-state index contributed by atoms with van der Waals surface area (Å²) in [6.07, 6.45) is 2.28. The molecule has 2 heterocycles. The molecule has 1 saturated heterocycles. The van der Waals surface area contributed by atoms with E-state index in [1.807, 2.05) is 19.1 Å². The van der Waals surface area contributed by atoms with Crippen LogP contribution in [0.5, 0.6) is 0 Å². The van der Waals surface area contributed by atoms with Crippen LogP contribution in [0.15, 0.2) is 58.5 Å². The van der Waals surface area contributed by atoms with Gasteiger partial charge in [0.15, 0.2) is 14.0 Å². The van der Waals surface area contributed by atoms with Crippen LogP contribution in [0.4, 0.5) is 5.69 Å². The van der Waals surface area contributed by atoms with E-state index in [0.29, 0.717) is 17.1 Å². The number of aliphatic carboxylic acids is 1. The van der Waals surface area contributed by atoms with Crippen molar-refractivity contribution in [2.45, 2.75) is 87.7 Å². The maximum Gasteiger partial charge on any atom is 0.354 e. The number of fused-ring (bicyclic) bond motifs is 2. The molecule has 224 valence electrons. The third-order valence-corrected chi connectivity index (χ3v) is 16.6. The van der Waals surface area contributed by atoms with E-state index in [1.165, 1.54) is 39.9 Å². The maximum absolute atomic E-state index is 14.0. The van der Waals surface area contributed by atoms with Crippen LogP contribution in [0.3, 0.4) is 0 Å². The predicted octanol–water partition coefficient (Wildman–Crippen LogP) is 6.99. The first-order valence-electron chi connectivity index (χ1n) is 14.3. The molecular weight excluding hydrogens is 589 g/mol. The first-order chi connectivity index (χ1) is 19.7. The monoisotopic (exact) mass is 626 g/mol. The van der Waals surface area contributed by atoms with Crippen molar-refractivity contribution in [1.29, 1.82) is 0 Å². The summed E-state index contributed by atoms with van der Waals surface area (Å²) in [5, 5.41) is 21.8. The van der Waals surface area contributed by atoms with Crippen LogP contribution in [0.2, 0.25) is 18.1 Å². The number of carbonyl (C=O) groups is 2. The normalized spacial score (nSPS) is 23.0. The van der Waals surface area contributed by atoms with E-state index in [1.54, 1.807) is 23.9 Å². The molecule has 0 spiro atoms. The summed E-state index contributed by atoms with van der Waals surface area (Å²) in [7, 11) is -2.26. The van der Waals surface area contributed by atoms with Gasteiger partial charge in [0.05, 0.1) is 21.2 Å². The number of thioether (sulfide) groups is 2. The molecule has 2 aromatic carbocycles. The molecule has 0 unspecified atom stereocenters. The van der Waals surface area contributed by atoms with Gasteiger partial charge in [-0.25, -0.2) is 4.79 Å². The van der Waals surface area contributed by atoms with Crippen LogP contribution in [0, 0.1) is 16.0 Å². The first-order valence-corrected chi connectivity index (χ1v) is 18.9. The zero-order valence-corrected chi connectivity index (χ0v) is 27.5. The molecule has 3 aliphatic rings. The molecule has 1 fully saturated rings. The van der Waals surface area contributed by atoms with Gasteiger partial charge in [-0.05, 0) is 54.1 Å². The van der Waals surface area contributed by atoms with Crippen LogP contribution in [0.1, 0.15) is 50.8 Å². The van der Waals surface area contributed by atoms with Gasteiger partial charge in [0.25, 0.3) is 5.69 Å². The van der Waals surface area contributed by atoms with Crippen molar-refractivity contribution in [2.24, 2.45) is 5.92 Å². The summed E-state index contributed by atoms with van der Waals surface area (Å²) >= 11 is 3.03. The minimum atomic E-state index is -2.26. The van der Waals surface area contributed by atoms with Crippen molar-refractivity contribution in [3.8, 4) is 0 Å². The number of carbonyl (C=O) groups excluding carboxylic acids is 1. The minimum absolute atomic E-state index is 0.0116. The Kier molecular flexibility index (Phi) is 8.19. The summed E-state index contributed by atoms with van der Waals surface area (Å²) in [5.74, 6) is -1.89. The quantitative estimate of drug-likeness (QED) is 0.130. The van der Waals surface area contributed by atoms with E-state index < -0.39 is 30.0 Å². The molecule has 1 amide bonds. The molecular formula is C31H38N2O6S2Si. The molecule has 2 aromatic rings. The van der Waals surface area contributed by atoms with Crippen molar-refractivity contribution < 1.29 is 24.0 Å². The van der Waals surface area contributed by atoms with E-state index in [0.717, 1.165) is 18.4 Å². The second-order valence-electron chi connectivity index (χ2n) is 12.9. The zero-order chi connectivity index (χ0) is 30.6. The summed E-state index contributed by atoms with van der Waals surface area (Å²) in [5.41, 5.74) is 3.40. The Morgan fingerprint density at radius 1 is 1.19 bits per heavy atom. The lowest BCUT2D eigenvalue weighted by molar-refractivity contribution is -0.384. The van der Waals surface area contributed by atoms with Gasteiger partial charge in [0.2, 0.25) is 5.91 Å². The molecule has 5 rings (SSSR count). The molecule has 42 heavy (non-hydrogen) atoms. The second kappa shape index (κ2) is 11.2. The fraction of sp³-hybridized carbons (Fsp3) is 0.484. The van der Waals surface area contributed by atoms with Crippen LogP contribution in [-0.4, -0.2) is 51.3 Å². The fourth-order valence-corrected chi connectivity index (χ4v) is 11.0. The number of benzene rings is 2. The Labute approximate surface area is 256 Å². The molecule has 3 atom stereocenters. The van der Waals surface area contributed by atoms with E-state index in [-0.39, 0.29) is 33.7 Å². The van der Waals surface area contributed by atoms with Crippen molar-refractivity contribution in [2.75, 3.05) is 0 Å². The zero-order valence-electron chi connectivity index (χ0n) is 24.9. The summed E-state index contributed by atoms with van der Waals surface area (Å²) in [6.45, 7) is 12.8. The van der Waals surface area contributed by atoms with E-state index in [9.17, 15) is 24.8 Å². The van der Waals surface area contributed by atoms with E-state index >= 15 is 0 Å². The van der Waals surface area contributed by atoms with Crippen LogP contribution >= 0.6 is 23.5 Å². The molecule has 8 nitrogen and oxygen atoms in total. The predicted molar refractivity (Wildman–Crippen MR) is 170 cm³/mol. The molecule has 11 heteroatoms. The number of hydrogen-bond donors (Lipinski definition) is 1. The largest absolute Gasteiger partial charge is 0.477 e. The Hall–Kier alpha value is -2.60. The Morgan fingerprint density at radius 3 is 2.29 bits per heavy atom. The van der Waals surface area contributed by atoms with Gasteiger partial charge in [-0.1, -0.05) is 75.9 Å². The Morgan fingerprint density at radius 2 is 1.79 bits per heavy atom. The number of nitrogens with zero attached hydrogens (tertiary/aromatic N) is 2. The SMILES string of the molecule is CC[C@H](O[Si](C)(C)C(C)(C)C)[C@@H]1C(=O)N2C(C(=O)O)=C(SC3Cc4ccccc4C3)S[C@]12Cc1ccc([N+](=O)[O-])cc1. The molecule has 1 N–H and O–H groups in total. The molecule has 0 aromatic heterocycles. The molecule has 1 aliphatic carbocycles. The topological polar surface area (TPSA) is 110 Å². The third-order valence-electron chi connectivity index (χ3n) is 9.16. The molecule has 0 saturated carbocycles. The van der Waals surface area contributed by atoms with Crippen LogP contribution in [-0.2, 0) is 33.3 Å². The lowest BCUT2D eigenvalue weighted by atomic mass is 9.77. The average molecular weight is 627 g/mol. The average Bonchev–Trinajstić information content (AvgIpc) is 3.44. The number of β-lactam (4-membered cyclic amide) rings is 1. The first kappa shape index (κ1) is 30.8. The number of rotatable bonds is 10. The summed E-state index contributed by atoms with van der Waals surface area (Å²) in [6, 6.07) is 14.6. The van der Waals surface area contributed by atoms with Crippen molar-refractivity contribution in [1.82, 2.24) is 4.90 Å². The summed E-state index contributed by atoms with van der Waals surface area (Å²) < 4.78 is 7.52. The highest BCUT2D eigenvalue weighted by molar-refractivity contribution is 8.23. The van der Waals surface area contributed by atoms with Crippen molar-refractivity contribution in [3.05, 3.63) is 85.3 Å². The summed E-state index contributed by atoms with van der Waals surface area (Å²) in [4.78, 5) is 38.3. The van der Waals surface area contributed by atoms with Gasteiger partial charge in [-0.3, -0.25) is 19.8 Å². The fourth-order valence-electron chi connectivity index (χ4n) is 5.96.